The molecule has 1 aromatic rings. The van der Waals surface area contributed by atoms with Gasteiger partial charge in [0, 0.05) is 13.1 Å². The molecule has 7 heteroatoms. The third-order valence-electron chi connectivity index (χ3n) is 3.61. The Labute approximate surface area is 119 Å². The zero-order chi connectivity index (χ0) is 14.9. The van der Waals surface area contributed by atoms with E-state index < -0.39 is 16.1 Å². The van der Waals surface area contributed by atoms with Gasteiger partial charge < -0.3 is 15.6 Å². The maximum atomic E-state index is 12.8. The summed E-state index contributed by atoms with van der Waals surface area (Å²) in [4.78, 5) is 0.163. The second kappa shape index (κ2) is 5.69. The number of anilines is 1. The number of hydrogen-bond acceptors (Lipinski definition) is 5. The van der Waals surface area contributed by atoms with Gasteiger partial charge in [-0.15, -0.1) is 0 Å². The van der Waals surface area contributed by atoms with Crippen LogP contribution in [0.3, 0.4) is 0 Å². The Balaban J connectivity index is 2.43. The molecule has 1 aromatic carbocycles. The van der Waals surface area contributed by atoms with Gasteiger partial charge in [0.2, 0.25) is 10.0 Å². The van der Waals surface area contributed by atoms with E-state index in [-0.39, 0.29) is 36.9 Å². The largest absolute Gasteiger partial charge is 0.398 e. The highest BCUT2D eigenvalue weighted by Gasteiger charge is 2.33. The van der Waals surface area contributed by atoms with Crippen LogP contribution in [0.2, 0.25) is 0 Å². The molecule has 20 heavy (non-hydrogen) atoms. The normalized spacial score (nSPS) is 21.1. The van der Waals surface area contributed by atoms with E-state index in [9.17, 15) is 8.42 Å². The molecule has 1 atom stereocenters. The Morgan fingerprint density at radius 1 is 1.45 bits per heavy atom. The van der Waals surface area contributed by atoms with E-state index in [4.69, 9.17) is 15.6 Å². The number of aliphatic hydroxyl groups is 1. The molecule has 1 unspecified atom stereocenters. The van der Waals surface area contributed by atoms with Gasteiger partial charge in [-0.3, -0.25) is 0 Å². The highest BCUT2D eigenvalue weighted by molar-refractivity contribution is 7.89. The van der Waals surface area contributed by atoms with Crippen molar-refractivity contribution in [2.75, 3.05) is 32.0 Å². The standard InChI is InChI=1S/C13H20N2O4S/c1-9-3-4-12(14)13(10(9)2)20(17,18)15-5-6-19-11(7-15)8-16/h3-4,11,16H,5-8,14H2,1-2H3. The minimum Gasteiger partial charge on any atom is -0.398 e. The van der Waals surface area contributed by atoms with Crippen molar-refractivity contribution in [3.05, 3.63) is 23.3 Å². The summed E-state index contributed by atoms with van der Waals surface area (Å²) in [6.07, 6.45) is -0.482. The lowest BCUT2D eigenvalue weighted by Gasteiger charge is -2.32. The van der Waals surface area contributed by atoms with Crippen molar-refractivity contribution in [3.63, 3.8) is 0 Å². The van der Waals surface area contributed by atoms with E-state index in [1.54, 1.807) is 19.1 Å². The molecule has 0 aromatic heterocycles. The SMILES string of the molecule is Cc1ccc(N)c(S(=O)(=O)N2CCOC(CO)C2)c1C. The van der Waals surface area contributed by atoms with Gasteiger partial charge in [-0.05, 0) is 31.0 Å². The number of nitrogens with zero attached hydrogens (tertiary/aromatic N) is 1. The van der Waals surface area contributed by atoms with Crippen molar-refractivity contribution < 1.29 is 18.3 Å². The number of aliphatic hydroxyl groups excluding tert-OH is 1. The van der Waals surface area contributed by atoms with E-state index in [1.807, 2.05) is 6.92 Å². The van der Waals surface area contributed by atoms with Crippen LogP contribution >= 0.6 is 0 Å². The predicted molar refractivity (Wildman–Crippen MR) is 75.9 cm³/mol. The van der Waals surface area contributed by atoms with Crippen molar-refractivity contribution in [2.45, 2.75) is 24.8 Å². The fourth-order valence-corrected chi connectivity index (χ4v) is 4.15. The highest BCUT2D eigenvalue weighted by atomic mass is 32.2. The fraction of sp³-hybridized carbons (Fsp3) is 0.538. The number of hydrogen-bond donors (Lipinski definition) is 2. The number of ether oxygens (including phenoxy) is 1. The topological polar surface area (TPSA) is 92.9 Å². The molecule has 1 aliphatic rings. The molecule has 0 spiro atoms. The highest BCUT2D eigenvalue weighted by Crippen LogP contribution is 2.29. The Morgan fingerprint density at radius 2 is 2.15 bits per heavy atom. The van der Waals surface area contributed by atoms with Gasteiger partial charge in [-0.2, -0.15) is 4.31 Å². The summed E-state index contributed by atoms with van der Waals surface area (Å²) in [5.74, 6) is 0. The molecule has 0 saturated carbocycles. The maximum Gasteiger partial charge on any atom is 0.245 e. The zero-order valence-electron chi connectivity index (χ0n) is 11.7. The first-order chi connectivity index (χ1) is 9.37. The van der Waals surface area contributed by atoms with Crippen LogP contribution in [-0.4, -0.2) is 50.2 Å². The van der Waals surface area contributed by atoms with Crippen LogP contribution in [-0.2, 0) is 14.8 Å². The molecule has 0 radical (unpaired) electrons. The molecule has 112 valence electrons. The first kappa shape index (κ1) is 15.2. The summed E-state index contributed by atoms with van der Waals surface area (Å²) in [7, 11) is -3.67. The number of benzene rings is 1. The third-order valence-corrected chi connectivity index (χ3v) is 5.68. The second-order valence-corrected chi connectivity index (χ2v) is 6.84. The number of rotatable bonds is 3. The molecular weight excluding hydrogens is 280 g/mol. The van der Waals surface area contributed by atoms with E-state index in [0.29, 0.717) is 5.56 Å². The van der Waals surface area contributed by atoms with Crippen LogP contribution in [0.1, 0.15) is 11.1 Å². The summed E-state index contributed by atoms with van der Waals surface area (Å²) in [6.45, 7) is 4.09. The second-order valence-electron chi connectivity index (χ2n) is 4.96. The van der Waals surface area contributed by atoms with E-state index in [0.717, 1.165) is 5.56 Å². The van der Waals surface area contributed by atoms with Crippen LogP contribution < -0.4 is 5.73 Å². The first-order valence-electron chi connectivity index (χ1n) is 6.46. The van der Waals surface area contributed by atoms with Crippen LogP contribution in [0.5, 0.6) is 0 Å². The number of aryl methyl sites for hydroxylation is 1. The van der Waals surface area contributed by atoms with Gasteiger partial charge in [0.1, 0.15) is 4.90 Å². The van der Waals surface area contributed by atoms with Crippen molar-refractivity contribution in [1.82, 2.24) is 4.31 Å². The summed E-state index contributed by atoms with van der Waals surface area (Å²) in [5.41, 5.74) is 7.66. The van der Waals surface area contributed by atoms with Crippen LogP contribution in [0, 0.1) is 13.8 Å². The molecule has 1 fully saturated rings. The number of nitrogens with two attached hydrogens (primary N) is 1. The molecule has 3 N–H and O–H groups in total. The summed E-state index contributed by atoms with van der Waals surface area (Å²) in [6, 6.07) is 3.42. The van der Waals surface area contributed by atoms with Crippen LogP contribution in [0.4, 0.5) is 5.69 Å². The molecule has 1 heterocycles. The lowest BCUT2D eigenvalue weighted by molar-refractivity contribution is -0.0304. The van der Waals surface area contributed by atoms with Crippen LogP contribution in [0.25, 0.3) is 0 Å². The number of morpholine rings is 1. The minimum atomic E-state index is -3.67. The summed E-state index contributed by atoms with van der Waals surface area (Å²) >= 11 is 0. The Bertz CT molecular complexity index is 601. The van der Waals surface area contributed by atoms with E-state index >= 15 is 0 Å². The number of sulfonamides is 1. The van der Waals surface area contributed by atoms with Gasteiger partial charge in [0.15, 0.2) is 0 Å². The van der Waals surface area contributed by atoms with Crippen molar-refractivity contribution in [3.8, 4) is 0 Å². The van der Waals surface area contributed by atoms with Crippen molar-refractivity contribution in [2.24, 2.45) is 0 Å². The van der Waals surface area contributed by atoms with Crippen molar-refractivity contribution >= 4 is 15.7 Å². The predicted octanol–water partition coefficient (Wildman–Crippen LogP) is 0.267. The maximum absolute atomic E-state index is 12.8. The third kappa shape index (κ3) is 2.67. The molecule has 0 bridgehead atoms. The monoisotopic (exact) mass is 300 g/mol. The Kier molecular flexibility index (Phi) is 4.33. The quantitative estimate of drug-likeness (QED) is 0.782. The van der Waals surface area contributed by atoms with Gasteiger partial charge in [0.05, 0.1) is 25.0 Å². The average Bonchev–Trinajstić information content (AvgIpc) is 2.43. The smallest absolute Gasteiger partial charge is 0.245 e. The molecule has 1 aliphatic heterocycles. The molecule has 0 aliphatic carbocycles. The fourth-order valence-electron chi connectivity index (χ4n) is 2.30. The Morgan fingerprint density at radius 3 is 2.80 bits per heavy atom. The van der Waals surface area contributed by atoms with Gasteiger partial charge in [-0.1, -0.05) is 6.07 Å². The van der Waals surface area contributed by atoms with Gasteiger partial charge in [-0.25, -0.2) is 8.42 Å². The van der Waals surface area contributed by atoms with E-state index in [2.05, 4.69) is 0 Å². The van der Waals surface area contributed by atoms with Crippen molar-refractivity contribution in [1.29, 1.82) is 0 Å². The van der Waals surface area contributed by atoms with Crippen LogP contribution in [0.15, 0.2) is 17.0 Å². The lowest BCUT2D eigenvalue weighted by Crippen LogP contribution is -2.47. The Hall–Kier alpha value is -1.15. The molecule has 1 saturated heterocycles. The first-order valence-corrected chi connectivity index (χ1v) is 7.90. The van der Waals surface area contributed by atoms with E-state index in [1.165, 1.54) is 4.31 Å². The molecule has 6 nitrogen and oxygen atoms in total. The lowest BCUT2D eigenvalue weighted by atomic mass is 10.1. The molecule has 2 rings (SSSR count). The molecular formula is C13H20N2O4S. The molecule has 0 amide bonds. The average molecular weight is 300 g/mol. The van der Waals surface area contributed by atoms with Gasteiger partial charge >= 0.3 is 0 Å². The number of nitrogen functional groups attached to an aromatic ring is 1. The summed E-state index contributed by atoms with van der Waals surface area (Å²) < 4.78 is 32.1. The minimum absolute atomic E-state index is 0.144. The zero-order valence-corrected chi connectivity index (χ0v) is 12.5. The van der Waals surface area contributed by atoms with Gasteiger partial charge in [0.25, 0.3) is 0 Å². The summed E-state index contributed by atoms with van der Waals surface area (Å²) in [5, 5.41) is 9.13.